The zero-order valence-electron chi connectivity index (χ0n) is 22.4. The van der Waals surface area contributed by atoms with Gasteiger partial charge in [0.05, 0.1) is 28.5 Å². The summed E-state index contributed by atoms with van der Waals surface area (Å²) < 4.78 is 13.3. The topological polar surface area (TPSA) is 81.9 Å². The minimum Gasteiger partial charge on any atom is -0.494 e. The van der Waals surface area contributed by atoms with E-state index in [1.165, 1.54) is 11.3 Å². The van der Waals surface area contributed by atoms with Crippen LogP contribution in [0, 0.1) is 12.3 Å². The molecule has 206 valence electrons. The SMILES string of the molecule is C#CCOc1ccc(Cl)cc1/C=c1\sc2n(c1=O)[C@H](c1ccc(OCC)cc1)C(C(=O)Nc1ccccc1)=C(C)N=2. The molecule has 0 fully saturated rings. The fourth-order valence-corrected chi connectivity index (χ4v) is 5.80. The summed E-state index contributed by atoms with van der Waals surface area (Å²) in [7, 11) is 0. The molecule has 0 radical (unpaired) electrons. The minimum absolute atomic E-state index is 0.0700. The number of carbonyl (C=O) groups excluding carboxylic acids is 1. The largest absolute Gasteiger partial charge is 0.494 e. The van der Waals surface area contributed by atoms with Crippen molar-refractivity contribution in [2.75, 3.05) is 18.5 Å². The van der Waals surface area contributed by atoms with Crippen molar-refractivity contribution in [3.8, 4) is 23.8 Å². The van der Waals surface area contributed by atoms with Crippen LogP contribution in [0.1, 0.15) is 31.0 Å². The van der Waals surface area contributed by atoms with Crippen molar-refractivity contribution in [2.24, 2.45) is 4.99 Å². The summed E-state index contributed by atoms with van der Waals surface area (Å²) in [6.45, 7) is 4.28. The summed E-state index contributed by atoms with van der Waals surface area (Å²) in [5.41, 5.74) is 2.58. The van der Waals surface area contributed by atoms with Crippen LogP contribution in [0.3, 0.4) is 0 Å². The number of nitrogens with one attached hydrogen (secondary N) is 1. The van der Waals surface area contributed by atoms with E-state index >= 15 is 0 Å². The summed E-state index contributed by atoms with van der Waals surface area (Å²) in [5, 5.41) is 3.44. The van der Waals surface area contributed by atoms with Crippen molar-refractivity contribution in [2.45, 2.75) is 19.9 Å². The highest BCUT2D eigenvalue weighted by Gasteiger charge is 2.32. The van der Waals surface area contributed by atoms with Gasteiger partial charge in [-0.15, -0.1) is 6.42 Å². The first-order chi connectivity index (χ1) is 19.9. The van der Waals surface area contributed by atoms with Crippen molar-refractivity contribution in [3.63, 3.8) is 0 Å². The van der Waals surface area contributed by atoms with E-state index in [9.17, 15) is 9.59 Å². The molecule has 1 amide bonds. The maximum atomic E-state index is 14.0. The van der Waals surface area contributed by atoms with E-state index in [4.69, 9.17) is 32.5 Å². The lowest BCUT2D eigenvalue weighted by Crippen LogP contribution is -2.40. The van der Waals surface area contributed by atoms with Gasteiger partial charge < -0.3 is 14.8 Å². The molecule has 3 aromatic carbocycles. The minimum atomic E-state index is -0.718. The van der Waals surface area contributed by atoms with Crippen molar-refractivity contribution >= 4 is 40.6 Å². The maximum Gasteiger partial charge on any atom is 0.271 e. The summed E-state index contributed by atoms with van der Waals surface area (Å²) in [6, 6.07) is 20.9. The molecule has 0 saturated carbocycles. The van der Waals surface area contributed by atoms with Gasteiger partial charge >= 0.3 is 0 Å². The molecule has 1 aliphatic heterocycles. The Bertz CT molecular complexity index is 1850. The number of terminal acetylenes is 1. The van der Waals surface area contributed by atoms with Crippen molar-refractivity contribution in [1.82, 2.24) is 4.57 Å². The van der Waals surface area contributed by atoms with E-state index in [-0.39, 0.29) is 18.1 Å². The predicted octanol–water partition coefficient (Wildman–Crippen LogP) is 4.94. The first kappa shape index (κ1) is 28.0. The van der Waals surface area contributed by atoms with Crippen LogP contribution in [-0.4, -0.2) is 23.7 Å². The second kappa shape index (κ2) is 12.3. The Morgan fingerprint density at radius 1 is 1.15 bits per heavy atom. The first-order valence-electron chi connectivity index (χ1n) is 12.9. The molecule has 0 aliphatic carbocycles. The lowest BCUT2D eigenvalue weighted by atomic mass is 9.95. The number of allylic oxidation sites excluding steroid dienone is 1. The standard InChI is InChI=1S/C32H26ClN3O4S/c1-4-17-40-26-16-13-23(33)18-22(26)19-27-31(38)36-29(21-11-14-25(15-12-21)39-5-2)28(20(3)34-32(36)41-27)30(37)35-24-9-7-6-8-10-24/h1,6-16,18-19,29H,5,17H2,2-3H3,(H,35,37)/b27-19-/t29-/m1/s1. The molecule has 1 atom stereocenters. The Morgan fingerprint density at radius 3 is 2.61 bits per heavy atom. The second-order valence-electron chi connectivity index (χ2n) is 9.08. The number of thiazole rings is 1. The summed E-state index contributed by atoms with van der Waals surface area (Å²) in [4.78, 5) is 32.9. The lowest BCUT2D eigenvalue weighted by Gasteiger charge is -2.25. The van der Waals surface area contributed by atoms with E-state index in [1.54, 1.807) is 47.9 Å². The van der Waals surface area contributed by atoms with Crippen LogP contribution in [-0.2, 0) is 4.79 Å². The van der Waals surface area contributed by atoms with E-state index in [0.29, 0.717) is 55.0 Å². The third-order valence-electron chi connectivity index (χ3n) is 6.37. The van der Waals surface area contributed by atoms with Crippen molar-refractivity contribution in [1.29, 1.82) is 0 Å². The third-order valence-corrected chi connectivity index (χ3v) is 7.59. The van der Waals surface area contributed by atoms with Gasteiger partial charge in [-0.25, -0.2) is 4.99 Å². The van der Waals surface area contributed by atoms with Gasteiger partial charge in [0.2, 0.25) is 0 Å². The number of halogens is 1. The van der Waals surface area contributed by atoms with Gasteiger partial charge in [0.25, 0.3) is 11.5 Å². The summed E-state index contributed by atoms with van der Waals surface area (Å²) in [6.07, 6.45) is 7.08. The van der Waals surface area contributed by atoms with Crippen molar-refractivity contribution < 1.29 is 14.3 Å². The molecular formula is C32H26ClN3O4S. The quantitative estimate of drug-likeness (QED) is 0.298. The number of hydrogen-bond donors (Lipinski definition) is 1. The molecule has 1 aromatic heterocycles. The zero-order valence-corrected chi connectivity index (χ0v) is 24.0. The molecule has 0 spiro atoms. The number of rotatable bonds is 8. The van der Waals surface area contributed by atoms with Crippen LogP contribution in [0.5, 0.6) is 11.5 Å². The van der Waals surface area contributed by atoms with Gasteiger partial charge in [0.1, 0.15) is 18.1 Å². The number of ether oxygens (including phenoxy) is 2. The van der Waals surface area contributed by atoms with Gasteiger partial charge in [-0.3, -0.25) is 14.2 Å². The third kappa shape index (κ3) is 5.97. The highest BCUT2D eigenvalue weighted by atomic mass is 35.5. The number of amides is 1. The van der Waals surface area contributed by atoms with Gasteiger partial charge in [0, 0.05) is 16.3 Å². The predicted molar refractivity (Wildman–Crippen MR) is 162 cm³/mol. The fraction of sp³-hybridized carbons (Fsp3) is 0.156. The Hall–Kier alpha value is -4.58. The molecule has 0 unspecified atom stereocenters. The highest BCUT2D eigenvalue weighted by Crippen LogP contribution is 2.32. The van der Waals surface area contributed by atoms with E-state index < -0.39 is 6.04 Å². The van der Waals surface area contributed by atoms with Gasteiger partial charge in [0.15, 0.2) is 4.80 Å². The number of aromatic nitrogens is 1. The Morgan fingerprint density at radius 2 is 1.90 bits per heavy atom. The number of benzene rings is 3. The van der Waals surface area contributed by atoms with Crippen LogP contribution in [0.15, 0.2) is 93.9 Å². The molecule has 7 nitrogen and oxygen atoms in total. The van der Waals surface area contributed by atoms with Crippen LogP contribution >= 0.6 is 22.9 Å². The maximum absolute atomic E-state index is 14.0. The molecule has 4 aromatic rings. The fourth-order valence-electron chi connectivity index (χ4n) is 4.58. The lowest BCUT2D eigenvalue weighted by molar-refractivity contribution is -0.113. The second-order valence-corrected chi connectivity index (χ2v) is 10.5. The van der Waals surface area contributed by atoms with E-state index in [1.807, 2.05) is 49.4 Å². The van der Waals surface area contributed by atoms with Crippen LogP contribution in [0.2, 0.25) is 5.02 Å². The molecule has 1 aliphatic rings. The zero-order chi connectivity index (χ0) is 28.9. The van der Waals surface area contributed by atoms with Crippen LogP contribution < -0.4 is 29.7 Å². The number of carbonyl (C=O) groups is 1. The van der Waals surface area contributed by atoms with Crippen LogP contribution in [0.4, 0.5) is 5.69 Å². The molecule has 9 heteroatoms. The summed E-state index contributed by atoms with van der Waals surface area (Å²) >= 11 is 7.49. The number of fused-ring (bicyclic) bond motifs is 1. The van der Waals surface area contributed by atoms with Gasteiger partial charge in [-0.2, -0.15) is 0 Å². The number of nitrogens with zero attached hydrogens (tertiary/aromatic N) is 2. The Balaban J connectivity index is 1.66. The van der Waals surface area contributed by atoms with E-state index in [2.05, 4.69) is 11.2 Å². The molecule has 2 heterocycles. The normalized spacial score (nSPS) is 14.6. The molecule has 0 bridgehead atoms. The highest BCUT2D eigenvalue weighted by molar-refractivity contribution is 7.07. The Labute approximate surface area is 246 Å². The van der Waals surface area contributed by atoms with Gasteiger partial charge in [-0.1, -0.05) is 59.2 Å². The number of anilines is 1. The van der Waals surface area contributed by atoms with Gasteiger partial charge in [-0.05, 0) is 68.0 Å². The smallest absolute Gasteiger partial charge is 0.271 e. The monoisotopic (exact) mass is 583 g/mol. The number of hydrogen-bond acceptors (Lipinski definition) is 6. The average Bonchev–Trinajstić information content (AvgIpc) is 3.27. The molecule has 0 saturated heterocycles. The summed E-state index contributed by atoms with van der Waals surface area (Å²) in [5.74, 6) is 3.30. The average molecular weight is 584 g/mol. The molecule has 41 heavy (non-hydrogen) atoms. The first-order valence-corrected chi connectivity index (χ1v) is 14.1. The van der Waals surface area contributed by atoms with E-state index in [0.717, 1.165) is 5.56 Å². The Kier molecular flexibility index (Phi) is 8.39. The molecular weight excluding hydrogens is 558 g/mol. The molecule has 1 N–H and O–H groups in total. The van der Waals surface area contributed by atoms with Crippen molar-refractivity contribution in [3.05, 3.63) is 120 Å². The van der Waals surface area contributed by atoms with Crippen LogP contribution in [0.25, 0.3) is 6.08 Å². The molecule has 5 rings (SSSR count). The number of para-hydroxylation sites is 1.